The number of rotatable bonds is 8. The number of anilines is 2. The molecule has 0 aliphatic carbocycles. The van der Waals surface area contributed by atoms with Crippen LogP contribution in [0.4, 0.5) is 20.5 Å². The zero-order valence-electron chi connectivity index (χ0n) is 21.0. The molecule has 4 aromatic heterocycles. The lowest BCUT2D eigenvalue weighted by atomic mass is 10.2. The number of aryl methyl sites for hydroxylation is 2. The lowest BCUT2D eigenvalue weighted by Crippen LogP contribution is -2.20. The van der Waals surface area contributed by atoms with E-state index >= 15 is 0 Å². The number of imidazole rings is 1. The first-order valence-corrected chi connectivity index (χ1v) is 11.9. The van der Waals surface area contributed by atoms with Gasteiger partial charge in [0.1, 0.15) is 17.2 Å². The van der Waals surface area contributed by atoms with Gasteiger partial charge in [-0.2, -0.15) is 18.9 Å². The van der Waals surface area contributed by atoms with Gasteiger partial charge in [-0.1, -0.05) is 0 Å². The minimum Gasteiger partial charge on any atom is -0.455 e. The van der Waals surface area contributed by atoms with Crippen molar-refractivity contribution in [1.29, 1.82) is 0 Å². The van der Waals surface area contributed by atoms with Crippen LogP contribution in [0, 0.1) is 6.92 Å². The zero-order valence-corrected chi connectivity index (χ0v) is 21.0. The van der Waals surface area contributed by atoms with Crippen LogP contribution in [0.1, 0.15) is 43.3 Å². The van der Waals surface area contributed by atoms with Gasteiger partial charge >= 0.3 is 0 Å². The fraction of sp³-hybridized carbons (Fsp3) is 0.400. The number of ether oxygens (including phenoxy) is 2. The minimum atomic E-state index is -3.07. The Hall–Kier alpha value is -3.93. The first-order valence-electron chi connectivity index (χ1n) is 11.9. The summed E-state index contributed by atoms with van der Waals surface area (Å²) in [4.78, 5) is 24.6. The third-order valence-electron chi connectivity index (χ3n) is 6.23. The average molecular weight is 512 g/mol. The van der Waals surface area contributed by atoms with E-state index in [-0.39, 0.29) is 29.8 Å². The van der Waals surface area contributed by atoms with Gasteiger partial charge in [0.05, 0.1) is 30.1 Å². The van der Waals surface area contributed by atoms with Gasteiger partial charge in [-0.15, -0.1) is 0 Å². The Balaban J connectivity index is 1.44. The minimum absolute atomic E-state index is 0.00927. The standard InChI is InChI=1S/C25H27F2N7O3/c1-14(35)9-16-10-18(5-7-28-16)37-19-12-29-23-22(15(19)2)33(4)24(31-23)30-21-11-20(25(3,26)27)34(32-21)17-6-8-36-13-17/h5,7,10-12,17H,6,8-9,13H2,1-4H3,(H,29,30,31,32). The molecule has 37 heavy (non-hydrogen) atoms. The Morgan fingerprint density at radius 2 is 2.14 bits per heavy atom. The number of alkyl halides is 2. The van der Waals surface area contributed by atoms with Gasteiger partial charge in [0.15, 0.2) is 17.2 Å². The van der Waals surface area contributed by atoms with E-state index < -0.39 is 5.92 Å². The summed E-state index contributed by atoms with van der Waals surface area (Å²) in [6.45, 7) is 5.10. The number of pyridine rings is 2. The molecular weight excluding hydrogens is 484 g/mol. The Bertz CT molecular complexity index is 1470. The Morgan fingerprint density at radius 1 is 1.32 bits per heavy atom. The maximum absolute atomic E-state index is 14.3. The molecule has 5 rings (SSSR count). The monoisotopic (exact) mass is 511 g/mol. The Kier molecular flexibility index (Phi) is 6.36. The molecule has 1 aliphatic heterocycles. The smallest absolute Gasteiger partial charge is 0.286 e. The van der Waals surface area contributed by atoms with Crippen molar-refractivity contribution in [2.75, 3.05) is 18.5 Å². The molecule has 5 heterocycles. The van der Waals surface area contributed by atoms with Gasteiger partial charge in [-0.25, -0.2) is 4.98 Å². The van der Waals surface area contributed by atoms with E-state index in [1.54, 1.807) is 36.1 Å². The predicted molar refractivity (Wildman–Crippen MR) is 131 cm³/mol. The van der Waals surface area contributed by atoms with Crippen molar-refractivity contribution >= 4 is 28.7 Å². The lowest BCUT2D eigenvalue weighted by molar-refractivity contribution is -0.116. The molecule has 1 saturated heterocycles. The summed E-state index contributed by atoms with van der Waals surface area (Å²) < 4.78 is 43.2. The van der Waals surface area contributed by atoms with Crippen molar-refractivity contribution in [3.8, 4) is 11.5 Å². The molecule has 1 aliphatic rings. The summed E-state index contributed by atoms with van der Waals surface area (Å²) in [7, 11) is 1.80. The maximum atomic E-state index is 14.3. The third-order valence-corrected chi connectivity index (χ3v) is 6.23. The number of hydrogen-bond acceptors (Lipinski definition) is 8. The Morgan fingerprint density at radius 3 is 2.84 bits per heavy atom. The van der Waals surface area contributed by atoms with Crippen LogP contribution in [-0.4, -0.2) is 48.3 Å². The maximum Gasteiger partial charge on any atom is 0.286 e. The molecular formula is C25H27F2N7O3. The summed E-state index contributed by atoms with van der Waals surface area (Å²) in [5.41, 5.74) is 2.39. The second-order valence-electron chi connectivity index (χ2n) is 9.27. The van der Waals surface area contributed by atoms with Crippen molar-refractivity contribution < 1.29 is 23.0 Å². The van der Waals surface area contributed by atoms with E-state index in [4.69, 9.17) is 9.47 Å². The van der Waals surface area contributed by atoms with Crippen LogP contribution in [-0.2, 0) is 28.9 Å². The number of aromatic nitrogens is 6. The molecule has 10 nitrogen and oxygen atoms in total. The highest BCUT2D eigenvalue weighted by Gasteiger charge is 2.34. The molecule has 1 fully saturated rings. The highest BCUT2D eigenvalue weighted by Crippen LogP contribution is 2.35. The normalized spacial score (nSPS) is 15.9. The van der Waals surface area contributed by atoms with Crippen molar-refractivity contribution in [2.24, 2.45) is 7.05 Å². The summed E-state index contributed by atoms with van der Waals surface area (Å²) in [6.07, 6.45) is 4.01. The number of ketones is 1. The SMILES string of the molecule is CC(=O)Cc1cc(Oc2cnc3nc(Nc4cc(C(C)(F)F)n(C5CCOC5)n4)n(C)c3c2C)ccn1. The molecule has 1 N–H and O–H groups in total. The van der Waals surface area contributed by atoms with Crippen LogP contribution in [0.3, 0.4) is 0 Å². The van der Waals surface area contributed by atoms with E-state index in [1.807, 2.05) is 6.92 Å². The van der Waals surface area contributed by atoms with E-state index in [2.05, 4.69) is 25.4 Å². The van der Waals surface area contributed by atoms with Crippen LogP contribution in [0.5, 0.6) is 11.5 Å². The molecule has 0 radical (unpaired) electrons. The van der Waals surface area contributed by atoms with E-state index in [9.17, 15) is 13.6 Å². The number of fused-ring (bicyclic) bond motifs is 1. The molecule has 194 valence electrons. The molecule has 1 atom stereocenters. The number of nitrogens with zero attached hydrogens (tertiary/aromatic N) is 6. The summed E-state index contributed by atoms with van der Waals surface area (Å²) in [5.74, 6) is -1.36. The molecule has 4 aromatic rings. The number of hydrogen-bond donors (Lipinski definition) is 1. The molecule has 12 heteroatoms. The predicted octanol–water partition coefficient (Wildman–Crippen LogP) is 4.61. The van der Waals surface area contributed by atoms with E-state index in [0.29, 0.717) is 53.9 Å². The molecule has 0 saturated carbocycles. The van der Waals surface area contributed by atoms with Crippen molar-refractivity contribution in [1.82, 2.24) is 29.3 Å². The summed E-state index contributed by atoms with van der Waals surface area (Å²) in [5, 5.41) is 7.47. The third kappa shape index (κ3) is 5.01. The quantitative estimate of drug-likeness (QED) is 0.365. The highest BCUT2D eigenvalue weighted by molar-refractivity contribution is 5.81. The largest absolute Gasteiger partial charge is 0.455 e. The number of carbonyl (C=O) groups excluding carboxylic acids is 1. The summed E-state index contributed by atoms with van der Waals surface area (Å²) in [6, 6.07) is 4.52. The topological polar surface area (TPSA) is 109 Å². The first kappa shape index (κ1) is 24.8. The van der Waals surface area contributed by atoms with Crippen LogP contribution in [0.15, 0.2) is 30.6 Å². The first-order chi connectivity index (χ1) is 17.6. The van der Waals surface area contributed by atoms with Crippen LogP contribution in [0.25, 0.3) is 11.2 Å². The number of carbonyl (C=O) groups is 1. The molecule has 1 unspecified atom stereocenters. The van der Waals surface area contributed by atoms with Crippen LogP contribution >= 0.6 is 0 Å². The van der Waals surface area contributed by atoms with Crippen LogP contribution in [0.2, 0.25) is 0 Å². The lowest BCUT2D eigenvalue weighted by Gasteiger charge is -2.16. The second kappa shape index (κ2) is 9.51. The van der Waals surface area contributed by atoms with Gasteiger partial charge in [-0.3, -0.25) is 14.5 Å². The van der Waals surface area contributed by atoms with E-state index in [0.717, 1.165) is 12.5 Å². The number of nitrogens with one attached hydrogen (secondary N) is 1. The van der Waals surface area contributed by atoms with Gasteiger partial charge in [0, 0.05) is 50.9 Å². The molecule has 0 spiro atoms. The van der Waals surface area contributed by atoms with Crippen molar-refractivity contribution in [3.05, 3.63) is 47.5 Å². The highest BCUT2D eigenvalue weighted by atomic mass is 19.3. The average Bonchev–Trinajstić information content (AvgIpc) is 3.55. The van der Waals surface area contributed by atoms with Crippen LogP contribution < -0.4 is 10.1 Å². The molecule has 0 aromatic carbocycles. The van der Waals surface area contributed by atoms with Gasteiger partial charge in [-0.05, 0) is 26.3 Å². The Labute approximate surface area is 211 Å². The molecule has 0 amide bonds. The van der Waals surface area contributed by atoms with Crippen molar-refractivity contribution in [3.63, 3.8) is 0 Å². The number of halogens is 2. The fourth-order valence-corrected chi connectivity index (χ4v) is 4.43. The fourth-order valence-electron chi connectivity index (χ4n) is 4.43. The second-order valence-corrected chi connectivity index (χ2v) is 9.27. The van der Waals surface area contributed by atoms with Crippen molar-refractivity contribution in [2.45, 2.75) is 45.6 Å². The number of Topliss-reactive ketones (excluding diaryl/α,β-unsaturated/α-hetero) is 1. The van der Waals surface area contributed by atoms with E-state index in [1.165, 1.54) is 17.7 Å². The van der Waals surface area contributed by atoms with Gasteiger partial charge in [0.25, 0.3) is 5.92 Å². The van der Waals surface area contributed by atoms with Gasteiger partial charge in [0.2, 0.25) is 5.95 Å². The zero-order chi connectivity index (χ0) is 26.3. The summed E-state index contributed by atoms with van der Waals surface area (Å²) >= 11 is 0. The molecule has 0 bridgehead atoms. The van der Waals surface area contributed by atoms with Gasteiger partial charge < -0.3 is 19.4 Å².